The van der Waals surface area contributed by atoms with Crippen LogP contribution in [0, 0.1) is 6.92 Å². The molecule has 5 nitrogen and oxygen atoms in total. The van der Waals surface area contributed by atoms with E-state index in [4.69, 9.17) is 4.42 Å². The second kappa shape index (κ2) is 8.24. The molecule has 0 saturated carbocycles. The molecular weight excluding hydrogens is 280 g/mol. The lowest BCUT2D eigenvalue weighted by molar-refractivity contribution is 0.146. The van der Waals surface area contributed by atoms with Crippen molar-refractivity contribution in [1.82, 2.24) is 10.6 Å². The lowest BCUT2D eigenvalue weighted by Crippen LogP contribution is -2.38. The van der Waals surface area contributed by atoms with Crippen LogP contribution in [0.1, 0.15) is 29.6 Å². The van der Waals surface area contributed by atoms with Gasteiger partial charge < -0.3 is 20.2 Å². The van der Waals surface area contributed by atoms with E-state index in [0.717, 1.165) is 18.6 Å². The molecule has 1 unspecified atom stereocenters. The molecule has 0 fully saturated rings. The molecule has 0 saturated heterocycles. The number of urea groups is 1. The number of rotatable bonds is 7. The summed E-state index contributed by atoms with van der Waals surface area (Å²) in [7, 11) is 0. The minimum absolute atomic E-state index is 0.122. The molecule has 0 aliphatic heterocycles. The average molecular weight is 302 g/mol. The van der Waals surface area contributed by atoms with E-state index in [1.54, 1.807) is 12.1 Å². The predicted molar refractivity (Wildman–Crippen MR) is 84.6 cm³/mol. The first-order valence-electron chi connectivity index (χ1n) is 7.45. The number of benzene rings is 1. The van der Waals surface area contributed by atoms with Crippen LogP contribution in [0.25, 0.3) is 0 Å². The van der Waals surface area contributed by atoms with Crippen LogP contribution in [0.5, 0.6) is 0 Å². The van der Waals surface area contributed by atoms with Gasteiger partial charge in [0.05, 0.1) is 6.54 Å². The van der Waals surface area contributed by atoms with Gasteiger partial charge >= 0.3 is 6.03 Å². The highest BCUT2D eigenvalue weighted by molar-refractivity contribution is 5.73. The molecule has 1 heterocycles. The number of carbonyl (C=O) groups excluding carboxylic acids is 1. The first-order valence-corrected chi connectivity index (χ1v) is 7.45. The fourth-order valence-electron chi connectivity index (χ4n) is 2.12. The Morgan fingerprint density at radius 1 is 1.18 bits per heavy atom. The van der Waals surface area contributed by atoms with Gasteiger partial charge in [0.1, 0.15) is 17.6 Å². The molecular formula is C17H22N2O3. The zero-order chi connectivity index (χ0) is 15.8. The summed E-state index contributed by atoms with van der Waals surface area (Å²) >= 11 is 0. The fourth-order valence-corrected chi connectivity index (χ4v) is 2.12. The number of aryl methyl sites for hydroxylation is 2. The molecule has 2 amide bonds. The molecule has 5 heteroatoms. The third-order valence-corrected chi connectivity index (χ3v) is 3.32. The first-order chi connectivity index (χ1) is 10.6. The smallest absolute Gasteiger partial charge is 0.314 e. The van der Waals surface area contributed by atoms with Gasteiger partial charge in [-0.3, -0.25) is 0 Å². The summed E-state index contributed by atoms with van der Waals surface area (Å²) in [6.45, 7) is 2.53. The van der Waals surface area contributed by atoms with E-state index in [1.807, 2.05) is 25.1 Å². The second-order valence-electron chi connectivity index (χ2n) is 5.19. The molecule has 0 aliphatic carbocycles. The number of furan rings is 1. The van der Waals surface area contributed by atoms with Gasteiger partial charge in [-0.05, 0) is 37.5 Å². The summed E-state index contributed by atoms with van der Waals surface area (Å²) in [5, 5.41) is 15.3. The molecule has 2 rings (SSSR count). The van der Waals surface area contributed by atoms with Gasteiger partial charge in [0.15, 0.2) is 0 Å². The summed E-state index contributed by atoms with van der Waals surface area (Å²) < 4.78 is 5.30. The van der Waals surface area contributed by atoms with Crippen LogP contribution in [-0.4, -0.2) is 24.2 Å². The highest BCUT2D eigenvalue weighted by Gasteiger charge is 2.12. The lowest BCUT2D eigenvalue weighted by atomic mass is 10.1. The van der Waals surface area contributed by atoms with Gasteiger partial charge in [0.25, 0.3) is 0 Å². The lowest BCUT2D eigenvalue weighted by Gasteiger charge is -2.11. The normalized spacial score (nSPS) is 11.9. The monoisotopic (exact) mass is 302 g/mol. The maximum absolute atomic E-state index is 11.6. The van der Waals surface area contributed by atoms with E-state index in [0.29, 0.717) is 12.3 Å². The van der Waals surface area contributed by atoms with Gasteiger partial charge in [-0.2, -0.15) is 0 Å². The summed E-state index contributed by atoms with van der Waals surface area (Å²) in [6, 6.07) is 13.3. The third-order valence-electron chi connectivity index (χ3n) is 3.32. The van der Waals surface area contributed by atoms with Crippen molar-refractivity contribution in [1.29, 1.82) is 0 Å². The number of carbonyl (C=O) groups is 1. The van der Waals surface area contributed by atoms with Crippen molar-refractivity contribution in [3.63, 3.8) is 0 Å². The molecule has 2 aromatic rings. The maximum Gasteiger partial charge on any atom is 0.314 e. The minimum Gasteiger partial charge on any atom is -0.464 e. The van der Waals surface area contributed by atoms with Crippen LogP contribution in [-0.2, 0) is 6.42 Å². The SMILES string of the molecule is Cc1ccc(C(O)CNC(=O)NCCCc2ccccc2)o1. The zero-order valence-corrected chi connectivity index (χ0v) is 12.7. The number of aliphatic hydroxyl groups excluding tert-OH is 1. The third kappa shape index (κ3) is 5.26. The highest BCUT2D eigenvalue weighted by atomic mass is 16.4. The summed E-state index contributed by atoms with van der Waals surface area (Å²) in [4.78, 5) is 11.6. The fraction of sp³-hybridized carbons (Fsp3) is 0.353. The van der Waals surface area contributed by atoms with E-state index in [1.165, 1.54) is 5.56 Å². The Labute approximate surface area is 130 Å². The number of aliphatic hydroxyl groups is 1. The molecule has 1 aromatic carbocycles. The van der Waals surface area contributed by atoms with Crippen molar-refractivity contribution in [3.05, 3.63) is 59.5 Å². The standard InChI is InChI=1S/C17H22N2O3/c1-13-9-10-16(22-13)15(20)12-19-17(21)18-11-5-8-14-6-3-2-4-7-14/h2-4,6-7,9-10,15,20H,5,8,11-12H2,1H3,(H2,18,19,21). The van der Waals surface area contributed by atoms with Gasteiger partial charge in [-0.1, -0.05) is 30.3 Å². The van der Waals surface area contributed by atoms with E-state index in [9.17, 15) is 9.90 Å². The molecule has 118 valence electrons. The van der Waals surface area contributed by atoms with Crippen LogP contribution >= 0.6 is 0 Å². The molecule has 22 heavy (non-hydrogen) atoms. The Morgan fingerprint density at radius 3 is 2.64 bits per heavy atom. The van der Waals surface area contributed by atoms with Crippen LogP contribution in [0.15, 0.2) is 46.9 Å². The Balaban J connectivity index is 1.60. The van der Waals surface area contributed by atoms with Crippen molar-refractivity contribution >= 4 is 6.03 Å². The number of hydrogen-bond acceptors (Lipinski definition) is 3. The van der Waals surface area contributed by atoms with Crippen molar-refractivity contribution in [3.8, 4) is 0 Å². The van der Waals surface area contributed by atoms with Crippen LogP contribution < -0.4 is 10.6 Å². The largest absolute Gasteiger partial charge is 0.464 e. The molecule has 0 spiro atoms. The number of amides is 2. The average Bonchev–Trinajstić information content (AvgIpc) is 2.97. The zero-order valence-electron chi connectivity index (χ0n) is 12.7. The molecule has 0 bridgehead atoms. The summed E-state index contributed by atoms with van der Waals surface area (Å²) in [6.07, 6.45) is 0.969. The maximum atomic E-state index is 11.6. The van der Waals surface area contributed by atoms with E-state index >= 15 is 0 Å². The topological polar surface area (TPSA) is 74.5 Å². The molecule has 1 atom stereocenters. The quantitative estimate of drug-likeness (QED) is 0.688. The summed E-state index contributed by atoms with van der Waals surface area (Å²) in [5.74, 6) is 1.20. The molecule has 0 aliphatic rings. The van der Waals surface area contributed by atoms with Crippen LogP contribution in [0.3, 0.4) is 0 Å². The van der Waals surface area contributed by atoms with Crippen LogP contribution in [0.4, 0.5) is 4.79 Å². The second-order valence-corrected chi connectivity index (χ2v) is 5.19. The van der Waals surface area contributed by atoms with Crippen molar-refractivity contribution in [2.24, 2.45) is 0 Å². The van der Waals surface area contributed by atoms with E-state index in [2.05, 4.69) is 22.8 Å². The van der Waals surface area contributed by atoms with Crippen molar-refractivity contribution in [2.75, 3.05) is 13.1 Å². The van der Waals surface area contributed by atoms with E-state index < -0.39 is 6.10 Å². The Kier molecular flexibility index (Phi) is 6.03. The minimum atomic E-state index is -0.830. The van der Waals surface area contributed by atoms with Crippen LogP contribution in [0.2, 0.25) is 0 Å². The van der Waals surface area contributed by atoms with Crippen molar-refractivity contribution in [2.45, 2.75) is 25.9 Å². The predicted octanol–water partition coefficient (Wildman–Crippen LogP) is 2.55. The van der Waals surface area contributed by atoms with Gasteiger partial charge in [-0.25, -0.2) is 4.79 Å². The summed E-state index contributed by atoms with van der Waals surface area (Å²) in [5.41, 5.74) is 1.26. The first kappa shape index (κ1) is 16.1. The molecule has 0 radical (unpaired) electrons. The number of hydrogen-bond donors (Lipinski definition) is 3. The van der Waals surface area contributed by atoms with Crippen molar-refractivity contribution < 1.29 is 14.3 Å². The molecule has 3 N–H and O–H groups in total. The van der Waals surface area contributed by atoms with Gasteiger partial charge in [0.2, 0.25) is 0 Å². The van der Waals surface area contributed by atoms with Gasteiger partial charge in [-0.15, -0.1) is 0 Å². The number of nitrogens with one attached hydrogen (secondary N) is 2. The Morgan fingerprint density at radius 2 is 1.95 bits per heavy atom. The Bertz CT molecular complexity index is 581. The van der Waals surface area contributed by atoms with Gasteiger partial charge in [0, 0.05) is 6.54 Å². The molecule has 1 aromatic heterocycles. The van der Waals surface area contributed by atoms with E-state index in [-0.39, 0.29) is 12.6 Å². The Hall–Kier alpha value is -2.27. The highest BCUT2D eigenvalue weighted by Crippen LogP contribution is 2.14.